The second-order valence-corrected chi connectivity index (χ2v) is 7.42. The predicted molar refractivity (Wildman–Crippen MR) is 120 cm³/mol. The highest BCUT2D eigenvalue weighted by molar-refractivity contribution is 5.90. The molecule has 0 saturated carbocycles. The first-order chi connectivity index (χ1) is 15.1. The Morgan fingerprint density at radius 1 is 1.06 bits per heavy atom. The molecule has 0 spiro atoms. The van der Waals surface area contributed by atoms with Gasteiger partial charge in [-0.1, -0.05) is 18.2 Å². The van der Waals surface area contributed by atoms with Crippen LogP contribution in [0.25, 0.3) is 22.2 Å². The van der Waals surface area contributed by atoms with E-state index in [4.69, 9.17) is 4.74 Å². The molecular formula is C23H24N6O2. The van der Waals surface area contributed by atoms with Crippen molar-refractivity contribution in [1.29, 1.82) is 0 Å². The van der Waals surface area contributed by atoms with E-state index in [0.717, 1.165) is 22.4 Å². The Hall–Kier alpha value is -3.94. The molecule has 31 heavy (non-hydrogen) atoms. The van der Waals surface area contributed by atoms with Crippen LogP contribution in [0.3, 0.4) is 0 Å². The highest BCUT2D eigenvalue weighted by atomic mass is 16.5. The van der Waals surface area contributed by atoms with Crippen molar-refractivity contribution in [1.82, 2.24) is 25.5 Å². The molecule has 2 amide bonds. The van der Waals surface area contributed by atoms with Gasteiger partial charge in [0.15, 0.2) is 0 Å². The Morgan fingerprint density at radius 2 is 1.90 bits per heavy atom. The summed E-state index contributed by atoms with van der Waals surface area (Å²) in [5.41, 5.74) is 3.26. The molecule has 1 aromatic carbocycles. The number of nitrogens with zero attached hydrogens (tertiary/aromatic N) is 3. The number of rotatable bonds is 7. The number of urea groups is 1. The number of pyridine rings is 2. The van der Waals surface area contributed by atoms with Gasteiger partial charge in [-0.3, -0.25) is 15.4 Å². The van der Waals surface area contributed by atoms with Crippen molar-refractivity contribution in [3.8, 4) is 16.9 Å². The fourth-order valence-corrected chi connectivity index (χ4v) is 3.36. The predicted octanol–water partition coefficient (Wildman–Crippen LogP) is 4.39. The monoisotopic (exact) mass is 416 g/mol. The fraction of sp³-hybridized carbons (Fsp3) is 0.217. The number of anilines is 1. The van der Waals surface area contributed by atoms with Gasteiger partial charge in [0.1, 0.15) is 11.6 Å². The van der Waals surface area contributed by atoms with E-state index in [1.807, 2.05) is 56.3 Å². The molecule has 4 aromatic rings. The fourth-order valence-electron chi connectivity index (χ4n) is 3.36. The molecule has 0 bridgehead atoms. The van der Waals surface area contributed by atoms with Crippen molar-refractivity contribution in [3.63, 3.8) is 0 Å². The Balaban J connectivity index is 1.35. The molecule has 8 heteroatoms. The Morgan fingerprint density at radius 3 is 2.68 bits per heavy atom. The lowest BCUT2D eigenvalue weighted by Gasteiger charge is -2.20. The van der Waals surface area contributed by atoms with E-state index >= 15 is 0 Å². The van der Waals surface area contributed by atoms with Gasteiger partial charge in [-0.25, -0.2) is 9.78 Å². The number of H-pyrrole nitrogens is 1. The topological polar surface area (TPSA) is 105 Å². The summed E-state index contributed by atoms with van der Waals surface area (Å²) < 4.78 is 5.88. The molecule has 8 nitrogen and oxygen atoms in total. The van der Waals surface area contributed by atoms with Gasteiger partial charge in [-0.15, -0.1) is 0 Å². The maximum atomic E-state index is 12.4. The van der Waals surface area contributed by atoms with Gasteiger partial charge in [-0.2, -0.15) is 5.10 Å². The lowest BCUT2D eigenvalue weighted by Crippen LogP contribution is -2.38. The molecule has 0 unspecified atom stereocenters. The number of carbonyl (C=O) groups excluding carboxylic acids is 1. The zero-order valence-corrected chi connectivity index (χ0v) is 17.4. The third-order valence-corrected chi connectivity index (χ3v) is 4.75. The van der Waals surface area contributed by atoms with Crippen molar-refractivity contribution in [2.45, 2.75) is 32.4 Å². The normalized spacial score (nSPS) is 12.8. The summed E-state index contributed by atoms with van der Waals surface area (Å²) in [5.74, 6) is 1.27. The molecule has 4 rings (SSSR count). The molecule has 3 heterocycles. The number of aromatic nitrogens is 4. The number of amides is 2. The van der Waals surface area contributed by atoms with Crippen LogP contribution in [0, 0.1) is 0 Å². The minimum absolute atomic E-state index is 0.0380. The number of para-hydroxylation sites is 1. The summed E-state index contributed by atoms with van der Waals surface area (Å²) in [6.45, 7) is 3.93. The maximum Gasteiger partial charge on any atom is 0.320 e. The molecule has 0 fully saturated rings. The molecule has 158 valence electrons. The molecule has 2 atom stereocenters. The second-order valence-electron chi connectivity index (χ2n) is 7.42. The molecule has 0 radical (unpaired) electrons. The Labute approximate surface area is 180 Å². The highest BCUT2D eigenvalue weighted by Gasteiger charge is 2.13. The molecule has 3 N–H and O–H groups in total. The van der Waals surface area contributed by atoms with Crippen LogP contribution in [0.1, 0.15) is 20.3 Å². The van der Waals surface area contributed by atoms with E-state index < -0.39 is 0 Å². The van der Waals surface area contributed by atoms with Gasteiger partial charge in [-0.05, 0) is 44.2 Å². The van der Waals surface area contributed by atoms with Crippen molar-refractivity contribution < 1.29 is 9.53 Å². The minimum Gasteiger partial charge on any atom is -0.491 e. The van der Waals surface area contributed by atoms with E-state index in [9.17, 15) is 4.79 Å². The number of hydrogen-bond donors (Lipinski definition) is 3. The maximum absolute atomic E-state index is 12.4. The number of fused-ring (bicyclic) bond motifs is 1. The molecule has 0 aliphatic carbocycles. The number of nitrogens with one attached hydrogen (secondary N) is 3. The lowest BCUT2D eigenvalue weighted by atomic mass is 10.1. The number of hydrogen-bond acceptors (Lipinski definition) is 5. The summed E-state index contributed by atoms with van der Waals surface area (Å²) in [7, 11) is 0. The van der Waals surface area contributed by atoms with E-state index in [-0.39, 0.29) is 18.2 Å². The smallest absolute Gasteiger partial charge is 0.320 e. The van der Waals surface area contributed by atoms with Crippen molar-refractivity contribution in [2.24, 2.45) is 0 Å². The third-order valence-electron chi connectivity index (χ3n) is 4.75. The number of ether oxygens (including phenoxy) is 1. The van der Waals surface area contributed by atoms with Crippen LogP contribution in [-0.4, -0.2) is 38.3 Å². The molecule has 3 aromatic heterocycles. The Kier molecular flexibility index (Phi) is 6.07. The summed E-state index contributed by atoms with van der Waals surface area (Å²) in [4.78, 5) is 21.4. The minimum atomic E-state index is -0.315. The highest BCUT2D eigenvalue weighted by Crippen LogP contribution is 2.21. The summed E-state index contributed by atoms with van der Waals surface area (Å²) in [6, 6.07) is 14.7. The van der Waals surface area contributed by atoms with Crippen LogP contribution in [0.4, 0.5) is 10.6 Å². The first-order valence-corrected chi connectivity index (χ1v) is 10.1. The van der Waals surface area contributed by atoms with Gasteiger partial charge in [0.2, 0.25) is 0 Å². The van der Waals surface area contributed by atoms with Crippen LogP contribution < -0.4 is 15.4 Å². The summed E-state index contributed by atoms with van der Waals surface area (Å²) in [6.07, 6.45) is 5.93. The molecule has 0 saturated heterocycles. The first-order valence-electron chi connectivity index (χ1n) is 10.1. The summed E-state index contributed by atoms with van der Waals surface area (Å²) >= 11 is 0. The van der Waals surface area contributed by atoms with Crippen molar-refractivity contribution in [2.75, 3.05) is 5.32 Å². The Bertz CT molecular complexity index is 1150. The van der Waals surface area contributed by atoms with Gasteiger partial charge >= 0.3 is 6.03 Å². The van der Waals surface area contributed by atoms with Crippen molar-refractivity contribution >= 4 is 22.9 Å². The molecular weight excluding hydrogens is 392 g/mol. The van der Waals surface area contributed by atoms with Crippen LogP contribution in [0.2, 0.25) is 0 Å². The average Bonchev–Trinajstić information content (AvgIpc) is 3.28. The standard InChI is InChI=1S/C23H24N6O2/c1-15(10-16(2)31-19-6-4-3-5-7-19)27-23(30)29-22-9-8-20-21(28-22)11-17(12-24-20)18-13-25-26-14-18/h3-9,11-16H,10H2,1-2H3,(H,25,26)(H2,27,28,29,30)/t15-,16-/m1/s1. The van der Waals surface area contributed by atoms with E-state index in [1.54, 1.807) is 24.7 Å². The van der Waals surface area contributed by atoms with Gasteiger partial charge in [0.25, 0.3) is 0 Å². The van der Waals surface area contributed by atoms with Gasteiger partial charge < -0.3 is 10.1 Å². The summed E-state index contributed by atoms with van der Waals surface area (Å²) in [5, 5.41) is 12.5. The number of benzene rings is 1. The second kappa shape index (κ2) is 9.25. The quantitative estimate of drug-likeness (QED) is 0.414. The first kappa shape index (κ1) is 20.3. The van der Waals surface area contributed by atoms with Gasteiger partial charge in [0.05, 0.1) is 23.3 Å². The largest absolute Gasteiger partial charge is 0.491 e. The third kappa shape index (κ3) is 5.36. The van der Waals surface area contributed by atoms with Crippen LogP contribution in [-0.2, 0) is 0 Å². The molecule has 0 aliphatic rings. The average molecular weight is 416 g/mol. The van der Waals surface area contributed by atoms with E-state index in [2.05, 4.69) is 30.8 Å². The van der Waals surface area contributed by atoms with Crippen molar-refractivity contribution in [3.05, 3.63) is 67.1 Å². The zero-order valence-electron chi connectivity index (χ0n) is 17.4. The SMILES string of the molecule is C[C@H](C[C@@H](C)Oc1ccccc1)NC(=O)Nc1ccc2ncc(-c3cn[nH]c3)cc2n1. The number of aromatic amines is 1. The zero-order chi connectivity index (χ0) is 21.6. The number of carbonyl (C=O) groups is 1. The van der Waals surface area contributed by atoms with Gasteiger partial charge in [0, 0.05) is 36.0 Å². The molecule has 0 aliphatic heterocycles. The van der Waals surface area contributed by atoms with Crippen LogP contribution in [0.5, 0.6) is 5.75 Å². The van der Waals surface area contributed by atoms with E-state index in [0.29, 0.717) is 17.8 Å². The van der Waals surface area contributed by atoms with E-state index in [1.165, 1.54) is 0 Å². The lowest BCUT2D eigenvalue weighted by molar-refractivity contribution is 0.195. The van der Waals surface area contributed by atoms with Crippen LogP contribution in [0.15, 0.2) is 67.1 Å². The van der Waals surface area contributed by atoms with Crippen LogP contribution >= 0.6 is 0 Å².